The maximum atomic E-state index is 12.7. The number of fused-ring (bicyclic) bond motifs is 1. The van der Waals surface area contributed by atoms with Gasteiger partial charge < -0.3 is 10.2 Å². The van der Waals surface area contributed by atoms with Crippen molar-refractivity contribution in [2.75, 3.05) is 26.2 Å². The van der Waals surface area contributed by atoms with Gasteiger partial charge in [-0.3, -0.25) is 4.79 Å². The standard InChI is InChI=1S/C26H34N2O/c29-26(24-11-10-23-8-4-14-27-20-25(23)19-24)9-5-15-28-16-12-22(13-17-28)18-21-6-2-1-3-7-21/h1-3,6-7,10-11,19,22,27H,4-5,8-9,12-18,20H2. The fourth-order valence-corrected chi connectivity index (χ4v) is 4.80. The molecule has 2 aromatic carbocycles. The highest BCUT2D eigenvalue weighted by atomic mass is 16.1. The van der Waals surface area contributed by atoms with Gasteiger partial charge >= 0.3 is 0 Å². The van der Waals surface area contributed by atoms with Crippen LogP contribution < -0.4 is 5.32 Å². The Bertz CT molecular complexity index is 794. The van der Waals surface area contributed by atoms with Crippen LogP contribution in [-0.2, 0) is 19.4 Å². The van der Waals surface area contributed by atoms with Crippen LogP contribution in [0, 0.1) is 5.92 Å². The smallest absolute Gasteiger partial charge is 0.162 e. The molecule has 1 N–H and O–H groups in total. The highest BCUT2D eigenvalue weighted by molar-refractivity contribution is 5.96. The molecule has 29 heavy (non-hydrogen) atoms. The van der Waals surface area contributed by atoms with Gasteiger partial charge in [-0.15, -0.1) is 0 Å². The second-order valence-electron chi connectivity index (χ2n) is 8.77. The molecule has 4 rings (SSSR count). The van der Waals surface area contributed by atoms with Crippen molar-refractivity contribution in [2.45, 2.75) is 51.5 Å². The van der Waals surface area contributed by atoms with E-state index in [-0.39, 0.29) is 0 Å². The fraction of sp³-hybridized carbons (Fsp3) is 0.500. The predicted octanol–water partition coefficient (Wildman–Crippen LogP) is 4.64. The lowest BCUT2D eigenvalue weighted by Gasteiger charge is -2.32. The molecule has 0 unspecified atom stereocenters. The zero-order valence-corrected chi connectivity index (χ0v) is 17.5. The van der Waals surface area contributed by atoms with Crippen molar-refractivity contribution in [3.63, 3.8) is 0 Å². The van der Waals surface area contributed by atoms with Crippen LogP contribution in [0.15, 0.2) is 48.5 Å². The molecule has 1 fully saturated rings. The molecule has 2 aliphatic heterocycles. The maximum Gasteiger partial charge on any atom is 0.162 e. The number of benzene rings is 2. The van der Waals surface area contributed by atoms with E-state index in [1.807, 2.05) is 6.07 Å². The van der Waals surface area contributed by atoms with Gasteiger partial charge in [-0.05, 0) is 93.4 Å². The number of ketones is 1. The number of nitrogens with one attached hydrogen (secondary N) is 1. The summed E-state index contributed by atoms with van der Waals surface area (Å²) in [4.78, 5) is 15.2. The number of aryl methyl sites for hydroxylation is 1. The molecule has 2 heterocycles. The lowest BCUT2D eigenvalue weighted by Crippen LogP contribution is -2.35. The van der Waals surface area contributed by atoms with Gasteiger partial charge in [-0.25, -0.2) is 0 Å². The fourth-order valence-electron chi connectivity index (χ4n) is 4.80. The van der Waals surface area contributed by atoms with E-state index in [9.17, 15) is 4.79 Å². The monoisotopic (exact) mass is 390 g/mol. The molecule has 2 aromatic rings. The van der Waals surface area contributed by atoms with Crippen LogP contribution in [0.3, 0.4) is 0 Å². The summed E-state index contributed by atoms with van der Waals surface area (Å²) in [7, 11) is 0. The lowest BCUT2D eigenvalue weighted by molar-refractivity contribution is 0.0970. The van der Waals surface area contributed by atoms with Crippen LogP contribution in [0.4, 0.5) is 0 Å². The van der Waals surface area contributed by atoms with Gasteiger partial charge in [0, 0.05) is 18.5 Å². The Kier molecular flexibility index (Phi) is 7.13. The maximum absolute atomic E-state index is 12.7. The van der Waals surface area contributed by atoms with E-state index in [1.165, 1.54) is 55.5 Å². The van der Waals surface area contributed by atoms with Gasteiger partial charge in [0.2, 0.25) is 0 Å². The molecule has 0 bridgehead atoms. The molecule has 3 nitrogen and oxygen atoms in total. The molecule has 3 heteroatoms. The van der Waals surface area contributed by atoms with Crippen molar-refractivity contribution in [1.29, 1.82) is 0 Å². The molecule has 0 atom stereocenters. The molecule has 0 aromatic heterocycles. The topological polar surface area (TPSA) is 32.3 Å². The number of piperidine rings is 1. The Morgan fingerprint density at radius 1 is 1.03 bits per heavy atom. The molecular weight excluding hydrogens is 356 g/mol. The lowest BCUT2D eigenvalue weighted by atomic mass is 9.90. The number of Topliss-reactive ketones (excluding diaryl/α,β-unsaturated/α-hetero) is 1. The normalized spacial score (nSPS) is 18.2. The first-order valence-corrected chi connectivity index (χ1v) is 11.4. The minimum absolute atomic E-state index is 0.302. The minimum atomic E-state index is 0.302. The van der Waals surface area contributed by atoms with Crippen LogP contribution in [0.1, 0.15) is 59.2 Å². The average Bonchev–Trinajstić information content (AvgIpc) is 3.00. The second kappa shape index (κ2) is 10.2. The molecule has 0 radical (unpaired) electrons. The van der Waals surface area contributed by atoms with Crippen molar-refractivity contribution in [3.8, 4) is 0 Å². The van der Waals surface area contributed by atoms with Crippen LogP contribution in [0.5, 0.6) is 0 Å². The molecule has 2 aliphatic rings. The van der Waals surface area contributed by atoms with E-state index in [0.717, 1.165) is 44.0 Å². The number of nitrogens with zero attached hydrogens (tertiary/aromatic N) is 1. The summed E-state index contributed by atoms with van der Waals surface area (Å²) in [6.07, 6.45) is 7.70. The Hall–Kier alpha value is -1.97. The molecule has 0 amide bonds. The van der Waals surface area contributed by atoms with E-state index in [0.29, 0.717) is 12.2 Å². The van der Waals surface area contributed by atoms with Gasteiger partial charge in [0.05, 0.1) is 0 Å². The molecule has 154 valence electrons. The van der Waals surface area contributed by atoms with Gasteiger partial charge in [0.15, 0.2) is 5.78 Å². The summed E-state index contributed by atoms with van der Waals surface area (Å²) in [6, 6.07) is 17.2. The third-order valence-corrected chi connectivity index (χ3v) is 6.60. The number of hydrogen-bond donors (Lipinski definition) is 1. The number of likely N-dealkylation sites (tertiary alicyclic amines) is 1. The Morgan fingerprint density at radius 3 is 2.69 bits per heavy atom. The summed E-state index contributed by atoms with van der Waals surface area (Å²) in [5, 5.41) is 3.46. The van der Waals surface area contributed by atoms with E-state index in [2.05, 4.69) is 52.7 Å². The van der Waals surface area contributed by atoms with Gasteiger partial charge in [-0.2, -0.15) is 0 Å². The van der Waals surface area contributed by atoms with E-state index in [1.54, 1.807) is 0 Å². The Balaban J connectivity index is 1.19. The van der Waals surface area contributed by atoms with Crippen molar-refractivity contribution < 1.29 is 4.79 Å². The van der Waals surface area contributed by atoms with E-state index in [4.69, 9.17) is 0 Å². The summed E-state index contributed by atoms with van der Waals surface area (Å²) >= 11 is 0. The third-order valence-electron chi connectivity index (χ3n) is 6.60. The van der Waals surface area contributed by atoms with Gasteiger partial charge in [0.1, 0.15) is 0 Å². The summed E-state index contributed by atoms with van der Waals surface area (Å²) in [6.45, 7) is 5.37. The first-order chi connectivity index (χ1) is 14.3. The van der Waals surface area contributed by atoms with E-state index >= 15 is 0 Å². The highest BCUT2D eigenvalue weighted by Gasteiger charge is 2.19. The number of rotatable bonds is 7. The van der Waals surface area contributed by atoms with Crippen molar-refractivity contribution in [2.24, 2.45) is 5.92 Å². The molecular formula is C26H34N2O. The summed E-state index contributed by atoms with van der Waals surface area (Å²) in [5.74, 6) is 1.11. The van der Waals surface area contributed by atoms with Crippen LogP contribution in [0.25, 0.3) is 0 Å². The van der Waals surface area contributed by atoms with Gasteiger partial charge in [-0.1, -0.05) is 42.5 Å². The minimum Gasteiger partial charge on any atom is -0.313 e. The van der Waals surface area contributed by atoms with Gasteiger partial charge in [0.25, 0.3) is 0 Å². The second-order valence-corrected chi connectivity index (χ2v) is 8.77. The molecule has 0 aliphatic carbocycles. The zero-order valence-electron chi connectivity index (χ0n) is 17.5. The quantitative estimate of drug-likeness (QED) is 0.699. The Labute approximate surface area is 175 Å². The average molecular weight is 391 g/mol. The first-order valence-electron chi connectivity index (χ1n) is 11.4. The Morgan fingerprint density at radius 2 is 1.86 bits per heavy atom. The van der Waals surface area contributed by atoms with Crippen LogP contribution >= 0.6 is 0 Å². The number of carbonyl (C=O) groups excluding carboxylic acids is 1. The van der Waals surface area contributed by atoms with E-state index < -0.39 is 0 Å². The first kappa shape index (κ1) is 20.3. The largest absolute Gasteiger partial charge is 0.313 e. The predicted molar refractivity (Wildman–Crippen MR) is 119 cm³/mol. The summed E-state index contributed by atoms with van der Waals surface area (Å²) in [5.41, 5.74) is 5.08. The summed E-state index contributed by atoms with van der Waals surface area (Å²) < 4.78 is 0. The number of carbonyl (C=O) groups is 1. The van der Waals surface area contributed by atoms with Crippen LogP contribution in [-0.4, -0.2) is 36.9 Å². The van der Waals surface area contributed by atoms with Crippen molar-refractivity contribution >= 4 is 5.78 Å². The van der Waals surface area contributed by atoms with Crippen molar-refractivity contribution in [3.05, 3.63) is 70.8 Å². The highest BCUT2D eigenvalue weighted by Crippen LogP contribution is 2.22. The molecule has 0 spiro atoms. The molecule has 0 saturated carbocycles. The van der Waals surface area contributed by atoms with Crippen molar-refractivity contribution in [1.82, 2.24) is 10.2 Å². The molecule has 1 saturated heterocycles. The number of hydrogen-bond acceptors (Lipinski definition) is 3. The van der Waals surface area contributed by atoms with Crippen LogP contribution in [0.2, 0.25) is 0 Å². The SMILES string of the molecule is O=C(CCCN1CCC(Cc2ccccc2)CC1)c1ccc2c(c1)CNCCC2. The zero-order chi connectivity index (χ0) is 19.9. The third kappa shape index (κ3) is 5.77.